The van der Waals surface area contributed by atoms with Crippen LogP contribution in [0, 0.1) is 3.57 Å². The van der Waals surface area contributed by atoms with Gasteiger partial charge in [-0.25, -0.2) is 34.3 Å². The largest absolute Gasteiger partial charge is 1.00 e. The molecular weight excluding hydrogens is 1400 g/mol. The summed E-state index contributed by atoms with van der Waals surface area (Å²) in [4.78, 5) is 36.7. The SMILES string of the molecule is Brc1cccc2c(OC3CCOCC3)nccc12.C.CC(C)(C)OC(=O)n1cc(I)c2cccnc21.CC(C)(C)[O-].Clc1nccc2c(Br)cccc12.OC1CCOCC1.[K+].c1cnc2[nH]cc(-c3cccc4c(OC5CCOCC5)nccc34)c2c1. The summed E-state index contributed by atoms with van der Waals surface area (Å²) in [6.45, 7) is 15.0. The topological polar surface area (TPSA) is 201 Å². The van der Waals surface area contributed by atoms with Crippen molar-refractivity contribution in [3.63, 3.8) is 0 Å². The quantitative estimate of drug-likeness (QED) is 0.0936. The van der Waals surface area contributed by atoms with Crippen LogP contribution in [0.25, 0.3) is 65.5 Å². The molecule has 2 N–H and O–H groups in total. The molecule has 10 heterocycles. The molecule has 0 saturated carbocycles. The summed E-state index contributed by atoms with van der Waals surface area (Å²) in [5.41, 5.74) is 2.56. The van der Waals surface area contributed by atoms with Gasteiger partial charge in [-0.2, -0.15) is 0 Å². The molecule has 87 heavy (non-hydrogen) atoms. The van der Waals surface area contributed by atoms with Crippen LogP contribution in [0.4, 0.5) is 4.79 Å². The molecule has 7 aromatic heterocycles. The van der Waals surface area contributed by atoms with Gasteiger partial charge in [-0.3, -0.25) is 0 Å². The van der Waals surface area contributed by atoms with E-state index in [1.807, 2.05) is 99.9 Å². The number of nitrogens with one attached hydrogen (secondary N) is 1. The minimum atomic E-state index is -0.750. The third-order valence-electron chi connectivity index (χ3n) is 13.1. The van der Waals surface area contributed by atoms with Gasteiger partial charge in [0.05, 0.1) is 32.5 Å². The van der Waals surface area contributed by atoms with Gasteiger partial charge in [-0.15, -0.1) is 5.60 Å². The fourth-order valence-electron chi connectivity index (χ4n) is 9.11. The summed E-state index contributed by atoms with van der Waals surface area (Å²) in [5.74, 6) is 1.43. The van der Waals surface area contributed by atoms with Crippen molar-refractivity contribution in [2.75, 3.05) is 39.6 Å². The molecule has 13 rings (SSSR count). The van der Waals surface area contributed by atoms with Crippen molar-refractivity contribution >= 4 is 127 Å². The van der Waals surface area contributed by atoms with E-state index in [9.17, 15) is 9.90 Å². The van der Waals surface area contributed by atoms with E-state index in [1.54, 1.807) is 51.8 Å². The zero-order chi connectivity index (χ0) is 60.5. The monoisotopic (exact) mass is 1470 g/mol. The van der Waals surface area contributed by atoms with Gasteiger partial charge in [-0.05, 0) is 134 Å². The van der Waals surface area contributed by atoms with Crippen LogP contribution < -0.4 is 66.0 Å². The number of aromatic nitrogens is 7. The Hall–Kier alpha value is -4.24. The molecule has 21 heteroatoms. The van der Waals surface area contributed by atoms with E-state index in [-0.39, 0.29) is 77.1 Å². The second-order valence-corrected chi connectivity index (χ2v) is 25.3. The van der Waals surface area contributed by atoms with E-state index in [1.165, 1.54) is 4.57 Å². The van der Waals surface area contributed by atoms with Crippen LogP contribution in [0.3, 0.4) is 0 Å². The summed E-state index contributed by atoms with van der Waals surface area (Å²) in [6, 6.07) is 32.1. The first-order valence-electron chi connectivity index (χ1n) is 28.1. The van der Waals surface area contributed by atoms with E-state index in [4.69, 9.17) is 45.1 Å². The minimum absolute atomic E-state index is 0. The number of H-pyrrole nitrogens is 1. The van der Waals surface area contributed by atoms with Gasteiger partial charge >= 0.3 is 57.5 Å². The van der Waals surface area contributed by atoms with Crippen LogP contribution in [-0.2, 0) is 18.9 Å². The Balaban J connectivity index is 0.000000177. The number of halogens is 4. The van der Waals surface area contributed by atoms with Crippen molar-refractivity contribution < 1.29 is 94.8 Å². The number of carbonyl (C=O) groups is 1. The Kier molecular flexibility index (Phi) is 28.7. The van der Waals surface area contributed by atoms with Gasteiger partial charge in [0, 0.05) is 138 Å². The van der Waals surface area contributed by atoms with Crippen molar-refractivity contribution in [2.24, 2.45) is 0 Å². The van der Waals surface area contributed by atoms with Crippen LogP contribution in [0.1, 0.15) is 87.5 Å². The number of hydrogen-bond donors (Lipinski definition) is 2. The number of fused-ring (bicyclic) bond motifs is 5. The Morgan fingerprint density at radius 3 is 1.60 bits per heavy atom. The predicted molar refractivity (Wildman–Crippen MR) is 356 cm³/mol. The third kappa shape index (κ3) is 21.4. The molecule has 3 saturated heterocycles. The first kappa shape index (κ1) is 71.8. The summed E-state index contributed by atoms with van der Waals surface area (Å²) in [5, 5.41) is 28.0. The average Bonchev–Trinajstić information content (AvgIpc) is 2.18. The number of hydrogen-bond acceptors (Lipinski definition) is 14. The van der Waals surface area contributed by atoms with Crippen LogP contribution in [-0.4, -0.2) is 115 Å². The van der Waals surface area contributed by atoms with Crippen molar-refractivity contribution in [3.05, 3.63) is 158 Å². The molecule has 0 amide bonds. The van der Waals surface area contributed by atoms with E-state index >= 15 is 0 Å². The molecule has 456 valence electrons. The fourth-order valence-corrected chi connectivity index (χ4v) is 11.0. The molecular formula is C66H74Br2ClIKN7O9. The van der Waals surface area contributed by atoms with Crippen LogP contribution in [0.15, 0.2) is 149 Å². The fraction of sp³-hybridized carbons (Fsp3) is 0.364. The second-order valence-electron chi connectivity index (χ2n) is 22.0. The molecule has 3 fully saturated rings. The van der Waals surface area contributed by atoms with Crippen molar-refractivity contribution in [1.29, 1.82) is 0 Å². The maximum atomic E-state index is 12.0. The number of benzene rings is 3. The standard InChI is InChI=1S/C21H19N3O2.C14H14BrNO2.C12H13IN2O2.C9H5BrClN.C5H10O2.C4H9O.CH4.K/c1-3-15(19-13-24-20-17(19)5-2-9-22-20)16-6-10-23-21(18(16)4-1)26-14-7-11-25-12-8-14;15-13-3-1-2-12-11(13)4-7-16-14(12)18-10-5-8-17-9-6-10;1-12(2,3)17-11(16)15-7-9(13)8-5-4-6-14-10(8)15;10-8-3-1-2-7-6(8)4-5-12-9(7)11;6-5-1-3-7-4-2-5;1-4(2,3)5;;/h1-6,9-10,13-14H,7-8,11-12H2,(H,22,24);1-4,7,10H,5-6,8-9H2;4-7H,1-3H3;1-5H;5-6H,1-4H2;1-3H3;1H4;/q;;;;;-1;;+1. The van der Waals surface area contributed by atoms with E-state index in [0.717, 1.165) is 156 Å². The normalized spacial score (nSPS) is 14.6. The Bertz CT molecular complexity index is 3740. The van der Waals surface area contributed by atoms with Gasteiger partial charge in [0.2, 0.25) is 11.8 Å². The number of rotatable bonds is 5. The second kappa shape index (κ2) is 34.8. The number of carbonyl (C=O) groups excluding carboxylic acids is 1. The third-order valence-corrected chi connectivity index (χ3v) is 15.7. The number of aliphatic hydroxyl groups excluding tert-OH is 1. The summed E-state index contributed by atoms with van der Waals surface area (Å²) >= 11 is 15.1. The number of aliphatic hydroxyl groups is 1. The minimum Gasteiger partial charge on any atom is -0.850 e. The molecule has 0 aliphatic carbocycles. The molecule has 0 spiro atoms. The van der Waals surface area contributed by atoms with Gasteiger partial charge in [0.25, 0.3) is 0 Å². The molecule has 3 aliphatic heterocycles. The number of pyridine rings is 5. The van der Waals surface area contributed by atoms with Gasteiger partial charge in [-0.1, -0.05) is 102 Å². The van der Waals surface area contributed by atoms with Gasteiger partial charge < -0.3 is 43.6 Å². The van der Waals surface area contributed by atoms with E-state index in [2.05, 4.69) is 115 Å². The summed E-state index contributed by atoms with van der Waals surface area (Å²) < 4.78 is 37.8. The summed E-state index contributed by atoms with van der Waals surface area (Å²) in [7, 11) is 0. The van der Waals surface area contributed by atoms with E-state index in [0.29, 0.717) is 16.7 Å². The maximum absolute atomic E-state index is 12.0. The van der Waals surface area contributed by atoms with Crippen LogP contribution >= 0.6 is 66.1 Å². The molecule has 3 aliphatic rings. The number of nitrogens with zero attached hydrogens (tertiary/aromatic N) is 6. The molecule has 0 unspecified atom stereocenters. The molecule has 0 radical (unpaired) electrons. The van der Waals surface area contributed by atoms with Crippen molar-refractivity contribution in [3.8, 4) is 22.9 Å². The Labute approximate surface area is 587 Å². The predicted octanol–water partition coefficient (Wildman–Crippen LogP) is 12.9. The smallest absolute Gasteiger partial charge is 0.850 e. The average molecular weight is 1470 g/mol. The van der Waals surface area contributed by atoms with Crippen LogP contribution in [0.5, 0.6) is 11.8 Å². The van der Waals surface area contributed by atoms with Crippen molar-refractivity contribution in [2.45, 2.75) is 117 Å². The Morgan fingerprint density at radius 2 is 1.07 bits per heavy atom. The maximum Gasteiger partial charge on any atom is 1.00 e. The molecule has 0 atom stereocenters. The zero-order valence-corrected chi connectivity index (χ0v) is 58.6. The Morgan fingerprint density at radius 1 is 0.609 bits per heavy atom. The number of aromatic amines is 1. The van der Waals surface area contributed by atoms with Gasteiger partial charge in [0.15, 0.2) is 0 Å². The van der Waals surface area contributed by atoms with Crippen molar-refractivity contribution in [1.82, 2.24) is 34.5 Å². The van der Waals surface area contributed by atoms with Crippen LogP contribution in [0.2, 0.25) is 5.15 Å². The summed E-state index contributed by atoms with van der Waals surface area (Å²) in [6.07, 6.45) is 17.8. The molecule has 3 aromatic carbocycles. The first-order valence-corrected chi connectivity index (χ1v) is 31.2. The first-order chi connectivity index (χ1) is 40.8. The zero-order valence-electron chi connectivity index (χ0n) is 49.4. The number of ether oxygens (including phenoxy) is 6. The van der Waals surface area contributed by atoms with Gasteiger partial charge in [0.1, 0.15) is 34.3 Å². The van der Waals surface area contributed by atoms with E-state index < -0.39 is 17.3 Å². The molecule has 10 aromatic rings. The molecule has 0 bridgehead atoms. The molecule has 16 nitrogen and oxygen atoms in total.